The molecule has 4 heteroatoms. The van der Waals surface area contributed by atoms with Crippen molar-refractivity contribution >= 4 is 0 Å². The Kier molecular flexibility index (Phi) is 4.58. The van der Waals surface area contributed by atoms with E-state index < -0.39 is 0 Å². The Hall–Kier alpha value is -1.94. The molecule has 112 valence electrons. The van der Waals surface area contributed by atoms with Gasteiger partial charge in [-0.25, -0.2) is 4.39 Å². The van der Waals surface area contributed by atoms with Crippen LogP contribution in [0.4, 0.5) is 4.39 Å². The van der Waals surface area contributed by atoms with Crippen LogP contribution in [-0.2, 0) is 6.54 Å². The molecule has 0 unspecified atom stereocenters. The minimum atomic E-state index is -0.330. The first-order valence-corrected chi connectivity index (χ1v) is 6.98. The maximum atomic E-state index is 14.0. The van der Waals surface area contributed by atoms with Gasteiger partial charge in [-0.05, 0) is 45.4 Å². The standard InChI is InChI=1S/C17H21FN2O/c1-12-6-5-7-15(16(12)18)21-14-8-9-19-10-13(14)11-20-17(2,3)4/h5-10,20H,11H2,1-4H3. The van der Waals surface area contributed by atoms with Crippen molar-refractivity contribution in [2.45, 2.75) is 39.8 Å². The molecule has 0 saturated heterocycles. The van der Waals surface area contributed by atoms with E-state index in [0.717, 1.165) is 5.56 Å². The molecular weight excluding hydrogens is 267 g/mol. The van der Waals surface area contributed by atoms with Gasteiger partial charge in [0.15, 0.2) is 11.6 Å². The number of ether oxygens (including phenoxy) is 1. The highest BCUT2D eigenvalue weighted by molar-refractivity contribution is 5.38. The number of hydrogen-bond acceptors (Lipinski definition) is 3. The van der Waals surface area contributed by atoms with Crippen LogP contribution in [0.15, 0.2) is 36.7 Å². The van der Waals surface area contributed by atoms with Crippen LogP contribution in [0.2, 0.25) is 0 Å². The Balaban J connectivity index is 2.22. The summed E-state index contributed by atoms with van der Waals surface area (Å²) in [7, 11) is 0. The Morgan fingerprint density at radius 1 is 1.19 bits per heavy atom. The van der Waals surface area contributed by atoms with Gasteiger partial charge < -0.3 is 10.1 Å². The second kappa shape index (κ2) is 6.22. The van der Waals surface area contributed by atoms with Gasteiger partial charge >= 0.3 is 0 Å². The van der Waals surface area contributed by atoms with Crippen molar-refractivity contribution in [3.8, 4) is 11.5 Å². The van der Waals surface area contributed by atoms with Gasteiger partial charge in [-0.2, -0.15) is 0 Å². The summed E-state index contributed by atoms with van der Waals surface area (Å²) in [5, 5.41) is 3.38. The van der Waals surface area contributed by atoms with Crippen molar-refractivity contribution in [2.75, 3.05) is 0 Å². The van der Waals surface area contributed by atoms with E-state index in [0.29, 0.717) is 17.9 Å². The molecule has 1 heterocycles. The second-order valence-corrected chi connectivity index (χ2v) is 6.08. The molecule has 0 atom stereocenters. The molecule has 0 aliphatic heterocycles. The van der Waals surface area contributed by atoms with Gasteiger partial charge in [0.25, 0.3) is 0 Å². The molecular formula is C17H21FN2O. The molecule has 0 aliphatic rings. The maximum Gasteiger partial charge on any atom is 0.168 e. The van der Waals surface area contributed by atoms with Gasteiger partial charge in [0.2, 0.25) is 0 Å². The molecule has 0 amide bonds. The number of benzene rings is 1. The first-order valence-electron chi connectivity index (χ1n) is 6.98. The third-order valence-corrected chi connectivity index (χ3v) is 3.04. The third kappa shape index (κ3) is 4.26. The maximum absolute atomic E-state index is 14.0. The van der Waals surface area contributed by atoms with Crippen molar-refractivity contribution < 1.29 is 9.13 Å². The summed E-state index contributed by atoms with van der Waals surface area (Å²) < 4.78 is 19.8. The lowest BCUT2D eigenvalue weighted by Crippen LogP contribution is -2.35. The zero-order valence-electron chi connectivity index (χ0n) is 12.9. The molecule has 0 spiro atoms. The van der Waals surface area contributed by atoms with E-state index in [4.69, 9.17) is 4.74 Å². The molecule has 2 rings (SSSR count). The van der Waals surface area contributed by atoms with Gasteiger partial charge in [-0.15, -0.1) is 0 Å². The van der Waals surface area contributed by atoms with Gasteiger partial charge in [-0.3, -0.25) is 4.98 Å². The molecule has 0 saturated carbocycles. The zero-order valence-corrected chi connectivity index (χ0v) is 12.9. The number of rotatable bonds is 4. The molecule has 3 nitrogen and oxygen atoms in total. The predicted octanol–water partition coefficient (Wildman–Crippen LogP) is 4.21. The van der Waals surface area contributed by atoms with E-state index in [1.807, 2.05) is 0 Å². The minimum absolute atomic E-state index is 0.0122. The monoisotopic (exact) mass is 288 g/mol. The smallest absolute Gasteiger partial charge is 0.168 e. The highest BCUT2D eigenvalue weighted by atomic mass is 19.1. The normalized spacial score (nSPS) is 11.5. The zero-order chi connectivity index (χ0) is 15.5. The fourth-order valence-electron chi connectivity index (χ4n) is 1.82. The summed E-state index contributed by atoms with van der Waals surface area (Å²) in [6, 6.07) is 6.88. The minimum Gasteiger partial charge on any atom is -0.454 e. The van der Waals surface area contributed by atoms with Crippen LogP contribution < -0.4 is 10.1 Å². The Morgan fingerprint density at radius 3 is 2.67 bits per heavy atom. The lowest BCUT2D eigenvalue weighted by atomic mass is 10.1. The average Bonchev–Trinajstić information content (AvgIpc) is 2.42. The molecule has 2 aromatic rings. The van der Waals surface area contributed by atoms with E-state index >= 15 is 0 Å². The number of aryl methyl sites for hydroxylation is 1. The van der Waals surface area contributed by atoms with Gasteiger partial charge in [0, 0.05) is 30.0 Å². The van der Waals surface area contributed by atoms with Gasteiger partial charge in [-0.1, -0.05) is 12.1 Å². The molecule has 21 heavy (non-hydrogen) atoms. The molecule has 0 fully saturated rings. The quantitative estimate of drug-likeness (QED) is 0.915. The average molecular weight is 288 g/mol. The Labute approximate surface area is 125 Å². The SMILES string of the molecule is Cc1cccc(Oc2ccncc2CNC(C)(C)C)c1F. The predicted molar refractivity (Wildman–Crippen MR) is 82.0 cm³/mol. The van der Waals surface area contributed by atoms with Crippen molar-refractivity contribution in [3.63, 3.8) is 0 Å². The highest BCUT2D eigenvalue weighted by Crippen LogP contribution is 2.28. The number of aromatic nitrogens is 1. The van der Waals surface area contributed by atoms with E-state index in [1.54, 1.807) is 43.6 Å². The fourth-order valence-corrected chi connectivity index (χ4v) is 1.82. The van der Waals surface area contributed by atoms with E-state index in [-0.39, 0.29) is 17.1 Å². The third-order valence-electron chi connectivity index (χ3n) is 3.04. The van der Waals surface area contributed by atoms with Crippen LogP contribution in [0.25, 0.3) is 0 Å². The second-order valence-electron chi connectivity index (χ2n) is 6.08. The van der Waals surface area contributed by atoms with E-state index in [9.17, 15) is 4.39 Å². The van der Waals surface area contributed by atoms with Crippen molar-refractivity contribution in [3.05, 3.63) is 53.6 Å². The Morgan fingerprint density at radius 2 is 1.95 bits per heavy atom. The van der Waals surface area contributed by atoms with Crippen molar-refractivity contribution in [1.29, 1.82) is 0 Å². The molecule has 1 aromatic carbocycles. The first kappa shape index (κ1) is 15.4. The summed E-state index contributed by atoms with van der Waals surface area (Å²) in [6.45, 7) is 8.59. The summed E-state index contributed by atoms with van der Waals surface area (Å²) in [4.78, 5) is 4.11. The van der Waals surface area contributed by atoms with E-state index in [2.05, 4.69) is 31.1 Å². The molecule has 1 N–H and O–H groups in total. The van der Waals surface area contributed by atoms with Crippen LogP contribution in [0.3, 0.4) is 0 Å². The largest absolute Gasteiger partial charge is 0.454 e. The molecule has 1 aromatic heterocycles. The van der Waals surface area contributed by atoms with Crippen LogP contribution in [0.5, 0.6) is 11.5 Å². The van der Waals surface area contributed by atoms with Crippen LogP contribution in [-0.4, -0.2) is 10.5 Å². The lowest BCUT2D eigenvalue weighted by Gasteiger charge is -2.21. The number of halogens is 1. The first-order chi connectivity index (χ1) is 9.87. The molecule has 0 bridgehead atoms. The van der Waals surface area contributed by atoms with E-state index in [1.165, 1.54) is 0 Å². The van der Waals surface area contributed by atoms with Gasteiger partial charge in [0.05, 0.1) is 0 Å². The van der Waals surface area contributed by atoms with Crippen molar-refractivity contribution in [2.24, 2.45) is 0 Å². The van der Waals surface area contributed by atoms with Crippen molar-refractivity contribution in [1.82, 2.24) is 10.3 Å². The van der Waals surface area contributed by atoms with Crippen LogP contribution in [0.1, 0.15) is 31.9 Å². The summed E-state index contributed by atoms with van der Waals surface area (Å²) in [6.07, 6.45) is 3.38. The van der Waals surface area contributed by atoms with Crippen LogP contribution in [0, 0.1) is 12.7 Å². The highest BCUT2D eigenvalue weighted by Gasteiger charge is 2.13. The number of hydrogen-bond donors (Lipinski definition) is 1. The summed E-state index contributed by atoms with van der Waals surface area (Å²) in [5.74, 6) is 0.522. The van der Waals surface area contributed by atoms with Crippen LogP contribution >= 0.6 is 0 Å². The summed E-state index contributed by atoms with van der Waals surface area (Å²) >= 11 is 0. The molecule has 0 radical (unpaired) electrons. The van der Waals surface area contributed by atoms with Gasteiger partial charge in [0.1, 0.15) is 5.75 Å². The lowest BCUT2D eigenvalue weighted by molar-refractivity contribution is 0.406. The fraction of sp³-hybridized carbons (Fsp3) is 0.353. The number of nitrogens with zero attached hydrogens (tertiary/aromatic N) is 1. The molecule has 0 aliphatic carbocycles. The summed E-state index contributed by atoms with van der Waals surface area (Å²) in [5.41, 5.74) is 1.45. The number of nitrogens with one attached hydrogen (secondary N) is 1. The Bertz CT molecular complexity index is 620. The number of pyridine rings is 1. The topological polar surface area (TPSA) is 34.1 Å².